The number of carbonyl (C=O) groups excluding carboxylic acids is 1. The normalized spacial score (nSPS) is 17.5. The molecule has 128 valence electrons. The number of nitrogens with two attached hydrogens (primary N) is 1. The summed E-state index contributed by atoms with van der Waals surface area (Å²) in [4.78, 5) is 16.6. The molecule has 1 heterocycles. The van der Waals surface area contributed by atoms with E-state index in [0.717, 1.165) is 36.4 Å². The van der Waals surface area contributed by atoms with E-state index in [1.54, 1.807) is 0 Å². The van der Waals surface area contributed by atoms with Crippen molar-refractivity contribution in [3.63, 3.8) is 0 Å². The highest BCUT2D eigenvalue weighted by Gasteiger charge is 2.25. The van der Waals surface area contributed by atoms with E-state index in [1.807, 2.05) is 51.0 Å². The van der Waals surface area contributed by atoms with Crippen molar-refractivity contribution < 1.29 is 9.53 Å². The van der Waals surface area contributed by atoms with E-state index >= 15 is 0 Å². The van der Waals surface area contributed by atoms with Gasteiger partial charge in [0.1, 0.15) is 0 Å². The zero-order valence-corrected chi connectivity index (χ0v) is 14.7. The molecule has 1 amide bonds. The van der Waals surface area contributed by atoms with Crippen LogP contribution in [0, 0.1) is 5.92 Å². The summed E-state index contributed by atoms with van der Waals surface area (Å²) in [5, 5.41) is 0. The smallest absolute Gasteiger partial charge is 0.225 e. The molecule has 1 fully saturated rings. The molecule has 23 heavy (non-hydrogen) atoms. The number of amides is 1. The van der Waals surface area contributed by atoms with Crippen LogP contribution in [0.3, 0.4) is 0 Å². The van der Waals surface area contributed by atoms with Crippen LogP contribution in [0.1, 0.15) is 32.3 Å². The lowest BCUT2D eigenvalue weighted by Crippen LogP contribution is -2.39. The molecule has 0 aliphatic carbocycles. The van der Waals surface area contributed by atoms with Crippen LogP contribution >= 0.6 is 0 Å². The summed E-state index contributed by atoms with van der Waals surface area (Å²) in [6.07, 6.45) is 2.26. The van der Waals surface area contributed by atoms with Crippen molar-refractivity contribution in [1.82, 2.24) is 4.90 Å². The van der Waals surface area contributed by atoms with Crippen LogP contribution in [0.5, 0.6) is 0 Å². The molecule has 0 radical (unpaired) electrons. The highest BCUT2D eigenvalue weighted by Crippen LogP contribution is 2.25. The van der Waals surface area contributed by atoms with Gasteiger partial charge in [-0.2, -0.15) is 0 Å². The number of hydrogen-bond donors (Lipinski definition) is 1. The summed E-state index contributed by atoms with van der Waals surface area (Å²) in [6.45, 7) is 5.90. The minimum atomic E-state index is -0.0275. The Morgan fingerprint density at radius 3 is 2.70 bits per heavy atom. The lowest BCUT2D eigenvalue weighted by atomic mass is 10.1. The van der Waals surface area contributed by atoms with Gasteiger partial charge in [0.15, 0.2) is 0 Å². The molecule has 5 heteroatoms. The monoisotopic (exact) mass is 319 g/mol. The standard InChI is InChI=1S/C18H29N3O2/c1-13(2)18(22)21(12-16-6-5-9-23-16)11-14-10-15(19)7-8-17(14)20(3)4/h7-8,10,13,16H,5-6,9,11-12,19H2,1-4H3/t16-/m0/s1. The molecule has 0 bridgehead atoms. The molecular weight excluding hydrogens is 290 g/mol. The summed E-state index contributed by atoms with van der Waals surface area (Å²) < 4.78 is 5.72. The minimum Gasteiger partial charge on any atom is -0.399 e. The van der Waals surface area contributed by atoms with Crippen molar-refractivity contribution in [3.05, 3.63) is 23.8 Å². The largest absolute Gasteiger partial charge is 0.399 e. The van der Waals surface area contributed by atoms with Crippen LogP contribution in [-0.2, 0) is 16.1 Å². The second-order valence-corrected chi connectivity index (χ2v) is 6.79. The molecule has 0 saturated carbocycles. The van der Waals surface area contributed by atoms with Gasteiger partial charge >= 0.3 is 0 Å². The maximum Gasteiger partial charge on any atom is 0.225 e. The molecule has 1 aliphatic rings. The van der Waals surface area contributed by atoms with Gasteiger partial charge in [-0.15, -0.1) is 0 Å². The molecular formula is C18H29N3O2. The number of anilines is 2. The van der Waals surface area contributed by atoms with Crippen LogP contribution in [0.4, 0.5) is 11.4 Å². The number of nitrogen functional groups attached to an aromatic ring is 1. The molecule has 1 aliphatic heterocycles. The zero-order valence-electron chi connectivity index (χ0n) is 14.7. The van der Waals surface area contributed by atoms with Gasteiger partial charge in [0, 0.05) is 51.1 Å². The van der Waals surface area contributed by atoms with Gasteiger partial charge < -0.3 is 20.3 Å². The van der Waals surface area contributed by atoms with Gasteiger partial charge in [0.2, 0.25) is 5.91 Å². The first kappa shape index (κ1) is 17.6. The van der Waals surface area contributed by atoms with Crippen LogP contribution in [0.2, 0.25) is 0 Å². The number of carbonyl (C=O) groups is 1. The zero-order chi connectivity index (χ0) is 17.0. The summed E-state index contributed by atoms with van der Waals surface area (Å²) >= 11 is 0. The molecule has 2 N–H and O–H groups in total. The first-order valence-corrected chi connectivity index (χ1v) is 8.34. The summed E-state index contributed by atoms with van der Waals surface area (Å²) in [6, 6.07) is 5.87. The highest BCUT2D eigenvalue weighted by molar-refractivity contribution is 5.78. The Morgan fingerprint density at radius 1 is 1.39 bits per heavy atom. The van der Waals surface area contributed by atoms with E-state index < -0.39 is 0 Å². The van der Waals surface area contributed by atoms with Crippen molar-refractivity contribution in [1.29, 1.82) is 0 Å². The number of nitrogens with zero attached hydrogens (tertiary/aromatic N) is 2. The first-order valence-electron chi connectivity index (χ1n) is 8.34. The van der Waals surface area contributed by atoms with Crippen LogP contribution in [0.25, 0.3) is 0 Å². The number of hydrogen-bond acceptors (Lipinski definition) is 4. The highest BCUT2D eigenvalue weighted by atomic mass is 16.5. The van der Waals surface area contributed by atoms with Crippen LogP contribution in [0.15, 0.2) is 18.2 Å². The second kappa shape index (κ2) is 7.68. The quantitative estimate of drug-likeness (QED) is 0.819. The second-order valence-electron chi connectivity index (χ2n) is 6.79. The Kier molecular flexibility index (Phi) is 5.88. The number of ether oxygens (including phenoxy) is 1. The van der Waals surface area contributed by atoms with Crippen molar-refractivity contribution in [3.8, 4) is 0 Å². The first-order chi connectivity index (χ1) is 10.9. The molecule has 1 atom stereocenters. The summed E-state index contributed by atoms with van der Waals surface area (Å²) in [5.74, 6) is 0.132. The van der Waals surface area contributed by atoms with E-state index in [2.05, 4.69) is 4.90 Å². The minimum absolute atomic E-state index is 0.0275. The van der Waals surface area contributed by atoms with Gasteiger partial charge in [-0.25, -0.2) is 0 Å². The molecule has 2 rings (SSSR count). The van der Waals surface area contributed by atoms with Crippen LogP contribution in [-0.4, -0.2) is 44.2 Å². The van der Waals surface area contributed by atoms with Crippen molar-refractivity contribution in [2.24, 2.45) is 5.92 Å². The lowest BCUT2D eigenvalue weighted by Gasteiger charge is -2.29. The van der Waals surface area contributed by atoms with Gasteiger partial charge in [0.05, 0.1) is 6.10 Å². The summed E-state index contributed by atoms with van der Waals surface area (Å²) in [7, 11) is 4.01. The Hall–Kier alpha value is -1.75. The Labute approximate surface area is 139 Å². The topological polar surface area (TPSA) is 58.8 Å². The third-order valence-electron chi connectivity index (χ3n) is 4.20. The predicted molar refractivity (Wildman–Crippen MR) is 94.4 cm³/mol. The fraction of sp³-hybridized carbons (Fsp3) is 0.611. The molecule has 1 aromatic rings. The molecule has 5 nitrogen and oxygen atoms in total. The fourth-order valence-electron chi connectivity index (χ4n) is 3.01. The van der Waals surface area contributed by atoms with E-state index in [9.17, 15) is 4.79 Å². The number of rotatable bonds is 6. The van der Waals surface area contributed by atoms with E-state index in [1.165, 1.54) is 0 Å². The number of benzene rings is 1. The predicted octanol–water partition coefficient (Wildman–Crippen LogP) is 2.50. The van der Waals surface area contributed by atoms with E-state index in [-0.39, 0.29) is 17.9 Å². The van der Waals surface area contributed by atoms with E-state index in [0.29, 0.717) is 13.1 Å². The van der Waals surface area contributed by atoms with E-state index in [4.69, 9.17) is 10.5 Å². The SMILES string of the molecule is CC(C)C(=O)N(Cc1cc(N)ccc1N(C)C)C[C@@H]1CCCO1. The maximum atomic E-state index is 12.6. The Balaban J connectivity index is 2.22. The van der Waals surface area contributed by atoms with Gasteiger partial charge in [0.25, 0.3) is 0 Å². The van der Waals surface area contributed by atoms with Crippen molar-refractivity contribution >= 4 is 17.3 Å². The fourth-order valence-corrected chi connectivity index (χ4v) is 3.01. The van der Waals surface area contributed by atoms with Crippen molar-refractivity contribution in [2.75, 3.05) is 37.9 Å². The molecule has 0 spiro atoms. The molecule has 1 saturated heterocycles. The van der Waals surface area contributed by atoms with Gasteiger partial charge in [-0.3, -0.25) is 4.79 Å². The maximum absolute atomic E-state index is 12.6. The van der Waals surface area contributed by atoms with Crippen LogP contribution < -0.4 is 10.6 Å². The third-order valence-corrected chi connectivity index (χ3v) is 4.20. The molecule has 0 aromatic heterocycles. The average molecular weight is 319 g/mol. The summed E-state index contributed by atoms with van der Waals surface area (Å²) in [5.41, 5.74) is 8.84. The lowest BCUT2D eigenvalue weighted by molar-refractivity contribution is -0.136. The molecule has 0 unspecified atom stereocenters. The van der Waals surface area contributed by atoms with Crippen molar-refractivity contribution in [2.45, 2.75) is 39.3 Å². The van der Waals surface area contributed by atoms with Gasteiger partial charge in [-0.1, -0.05) is 13.8 Å². The Morgan fingerprint density at radius 2 is 2.13 bits per heavy atom. The molecule has 1 aromatic carbocycles. The van der Waals surface area contributed by atoms with Gasteiger partial charge in [-0.05, 0) is 36.6 Å². The Bertz CT molecular complexity index is 537. The third kappa shape index (κ3) is 4.61. The average Bonchev–Trinajstić information content (AvgIpc) is 2.98.